The van der Waals surface area contributed by atoms with Crippen LogP contribution in [0.15, 0.2) is 36.5 Å². The van der Waals surface area contributed by atoms with Crippen LogP contribution < -0.4 is 10.1 Å². The second-order valence-corrected chi connectivity index (χ2v) is 9.00. The third-order valence-electron chi connectivity index (χ3n) is 6.17. The van der Waals surface area contributed by atoms with Crippen molar-refractivity contribution in [1.82, 2.24) is 20.1 Å². The molecule has 0 aliphatic carbocycles. The average Bonchev–Trinajstić information content (AvgIpc) is 2.88. The Bertz CT molecular complexity index is 1100. The lowest BCUT2D eigenvalue weighted by Gasteiger charge is -2.37. The van der Waals surface area contributed by atoms with Gasteiger partial charge in [0.15, 0.2) is 0 Å². The summed E-state index contributed by atoms with van der Waals surface area (Å²) in [5.41, 5.74) is 2.22. The van der Waals surface area contributed by atoms with Crippen LogP contribution in [0.25, 0.3) is 11.1 Å². The predicted molar refractivity (Wildman–Crippen MR) is 132 cm³/mol. The number of amides is 3. The zero-order valence-corrected chi connectivity index (χ0v) is 20.7. The molecule has 0 saturated carbocycles. The van der Waals surface area contributed by atoms with E-state index < -0.39 is 12.1 Å². The molecule has 1 aliphatic heterocycles. The van der Waals surface area contributed by atoms with Gasteiger partial charge in [-0.2, -0.15) is 5.26 Å². The normalized spacial score (nSPS) is 18.4. The molecular weight excluding hydrogens is 446 g/mol. The summed E-state index contributed by atoms with van der Waals surface area (Å²) in [4.78, 5) is 33.7. The summed E-state index contributed by atoms with van der Waals surface area (Å²) in [5.74, 6) is -0.229. The Morgan fingerprint density at radius 2 is 2.17 bits per heavy atom. The number of carbonyl (C=O) groups excluding carboxylic acids is 2. The molecule has 3 atom stereocenters. The number of aliphatic hydroxyl groups excluding tert-OH is 1. The van der Waals surface area contributed by atoms with E-state index in [0.29, 0.717) is 30.8 Å². The number of aromatic nitrogens is 1. The van der Waals surface area contributed by atoms with Crippen molar-refractivity contribution < 1.29 is 19.4 Å². The molecule has 0 saturated heterocycles. The highest BCUT2D eigenvalue weighted by Gasteiger charge is 2.34. The third-order valence-corrected chi connectivity index (χ3v) is 6.17. The van der Waals surface area contributed by atoms with Crippen LogP contribution in [0, 0.1) is 17.2 Å². The standard InChI is InChI=1S/C26H33N5O4/c1-5-9-28-26(34)30(4)15-23-17(2)14-31(18(3)16-32)25(33)22-11-21(13-29-24(22)35-23)20-8-6-7-19(10-20)12-27/h6-8,10-11,13,17-18,23,32H,5,9,14-16H2,1-4H3,(H,28,34)/t17-,18-,23-/m1/s1. The number of aliphatic hydroxyl groups is 1. The quantitative estimate of drug-likeness (QED) is 0.630. The number of hydrogen-bond acceptors (Lipinski definition) is 6. The third kappa shape index (κ3) is 6.08. The van der Waals surface area contributed by atoms with Crippen molar-refractivity contribution in [1.29, 1.82) is 5.26 Å². The number of ether oxygens (including phenoxy) is 1. The largest absolute Gasteiger partial charge is 0.472 e. The van der Waals surface area contributed by atoms with Gasteiger partial charge in [-0.25, -0.2) is 9.78 Å². The van der Waals surface area contributed by atoms with Gasteiger partial charge >= 0.3 is 6.03 Å². The van der Waals surface area contributed by atoms with Crippen LogP contribution in [0.2, 0.25) is 0 Å². The van der Waals surface area contributed by atoms with Crippen LogP contribution in [0.1, 0.15) is 43.1 Å². The fourth-order valence-electron chi connectivity index (χ4n) is 3.97. The molecule has 9 heteroatoms. The van der Waals surface area contributed by atoms with Gasteiger partial charge in [0.05, 0.1) is 30.8 Å². The molecule has 1 aliphatic rings. The molecule has 2 aromatic rings. The molecule has 1 aromatic heterocycles. The molecule has 3 amide bonds. The molecule has 0 bridgehead atoms. The number of fused-ring (bicyclic) bond motifs is 1. The van der Waals surface area contributed by atoms with Crippen molar-refractivity contribution in [3.05, 3.63) is 47.7 Å². The van der Waals surface area contributed by atoms with Crippen molar-refractivity contribution >= 4 is 11.9 Å². The maximum Gasteiger partial charge on any atom is 0.317 e. The summed E-state index contributed by atoms with van der Waals surface area (Å²) in [6.45, 7) is 6.79. The van der Waals surface area contributed by atoms with Gasteiger partial charge in [-0.15, -0.1) is 0 Å². The topological polar surface area (TPSA) is 119 Å². The van der Waals surface area contributed by atoms with Crippen molar-refractivity contribution in [3.63, 3.8) is 0 Å². The van der Waals surface area contributed by atoms with Gasteiger partial charge in [0.25, 0.3) is 5.91 Å². The van der Waals surface area contributed by atoms with Gasteiger partial charge in [0.2, 0.25) is 5.88 Å². The first-order valence-electron chi connectivity index (χ1n) is 11.9. The van der Waals surface area contributed by atoms with Crippen LogP contribution in [0.5, 0.6) is 5.88 Å². The monoisotopic (exact) mass is 479 g/mol. The molecule has 3 rings (SSSR count). The van der Waals surface area contributed by atoms with E-state index in [1.54, 1.807) is 54.2 Å². The van der Waals surface area contributed by atoms with Gasteiger partial charge < -0.3 is 25.0 Å². The number of rotatable bonds is 7. The summed E-state index contributed by atoms with van der Waals surface area (Å²) in [6.07, 6.45) is 2.03. The zero-order valence-electron chi connectivity index (χ0n) is 20.7. The van der Waals surface area contributed by atoms with E-state index in [4.69, 9.17) is 4.74 Å². The number of hydrogen-bond donors (Lipinski definition) is 2. The lowest BCUT2D eigenvalue weighted by atomic mass is 9.99. The number of nitrogens with zero attached hydrogens (tertiary/aromatic N) is 4. The minimum Gasteiger partial charge on any atom is -0.472 e. The zero-order chi connectivity index (χ0) is 25.5. The minimum absolute atomic E-state index is 0.128. The van der Waals surface area contributed by atoms with Crippen molar-refractivity contribution in [3.8, 4) is 23.1 Å². The minimum atomic E-state index is -0.423. The Kier molecular flexibility index (Phi) is 8.66. The summed E-state index contributed by atoms with van der Waals surface area (Å²) >= 11 is 0. The Hall–Kier alpha value is -3.64. The van der Waals surface area contributed by atoms with Crippen molar-refractivity contribution in [2.75, 3.05) is 33.3 Å². The van der Waals surface area contributed by atoms with Gasteiger partial charge in [-0.05, 0) is 37.1 Å². The first-order chi connectivity index (χ1) is 16.8. The number of nitriles is 1. The SMILES string of the molecule is CCCNC(=O)N(C)C[C@H]1Oc2ncc(-c3cccc(C#N)c3)cc2C(=O)N([C@H](C)CO)C[C@H]1C. The number of carbonyl (C=O) groups is 2. The second kappa shape index (κ2) is 11.7. The van der Waals surface area contributed by atoms with Gasteiger partial charge in [0.1, 0.15) is 11.7 Å². The second-order valence-electron chi connectivity index (χ2n) is 9.00. The van der Waals surface area contributed by atoms with Crippen LogP contribution in [-0.2, 0) is 0 Å². The van der Waals surface area contributed by atoms with Gasteiger partial charge in [0, 0.05) is 37.8 Å². The molecule has 1 aromatic carbocycles. The first-order valence-corrected chi connectivity index (χ1v) is 11.9. The Morgan fingerprint density at radius 1 is 1.40 bits per heavy atom. The molecule has 186 valence electrons. The molecule has 0 unspecified atom stereocenters. The number of nitrogens with one attached hydrogen (secondary N) is 1. The van der Waals surface area contributed by atoms with E-state index in [9.17, 15) is 20.0 Å². The number of likely N-dealkylation sites (N-methyl/N-ethyl adjacent to an activating group) is 1. The molecule has 9 nitrogen and oxygen atoms in total. The van der Waals surface area contributed by atoms with Crippen LogP contribution in [0.4, 0.5) is 4.79 Å². The highest BCUT2D eigenvalue weighted by molar-refractivity contribution is 5.98. The lowest BCUT2D eigenvalue weighted by Crippen LogP contribution is -2.51. The number of benzene rings is 1. The van der Waals surface area contributed by atoms with E-state index in [0.717, 1.165) is 12.0 Å². The van der Waals surface area contributed by atoms with Crippen LogP contribution >= 0.6 is 0 Å². The molecule has 0 fully saturated rings. The fraction of sp³-hybridized carbons (Fsp3) is 0.462. The highest BCUT2D eigenvalue weighted by atomic mass is 16.5. The Morgan fingerprint density at radius 3 is 2.86 bits per heavy atom. The van der Waals surface area contributed by atoms with E-state index in [-0.39, 0.29) is 35.9 Å². The van der Waals surface area contributed by atoms with E-state index >= 15 is 0 Å². The predicted octanol–water partition coefficient (Wildman–Crippen LogP) is 2.89. The van der Waals surface area contributed by atoms with E-state index in [1.165, 1.54) is 0 Å². The Labute approximate surface area is 206 Å². The molecule has 2 heterocycles. The number of urea groups is 1. The van der Waals surface area contributed by atoms with Gasteiger partial charge in [-0.3, -0.25) is 4.79 Å². The van der Waals surface area contributed by atoms with Crippen LogP contribution in [-0.4, -0.2) is 77.3 Å². The van der Waals surface area contributed by atoms with Gasteiger partial charge in [-0.1, -0.05) is 26.0 Å². The summed E-state index contributed by atoms with van der Waals surface area (Å²) in [7, 11) is 1.71. The molecule has 0 spiro atoms. The van der Waals surface area contributed by atoms with Crippen molar-refractivity contribution in [2.24, 2.45) is 5.92 Å². The van der Waals surface area contributed by atoms with Crippen molar-refractivity contribution in [2.45, 2.75) is 39.3 Å². The van der Waals surface area contributed by atoms with E-state index in [1.807, 2.05) is 19.9 Å². The molecular formula is C26H33N5O4. The number of pyridine rings is 1. The van der Waals surface area contributed by atoms with E-state index in [2.05, 4.69) is 16.4 Å². The fourth-order valence-corrected chi connectivity index (χ4v) is 3.97. The highest BCUT2D eigenvalue weighted by Crippen LogP contribution is 2.30. The average molecular weight is 480 g/mol. The molecule has 35 heavy (non-hydrogen) atoms. The molecule has 0 radical (unpaired) electrons. The smallest absolute Gasteiger partial charge is 0.317 e. The first kappa shape index (κ1) is 26.0. The summed E-state index contributed by atoms with van der Waals surface area (Å²) in [5, 5.41) is 21.9. The maximum absolute atomic E-state index is 13.6. The summed E-state index contributed by atoms with van der Waals surface area (Å²) in [6, 6.07) is 10.3. The molecule has 2 N–H and O–H groups in total. The van der Waals surface area contributed by atoms with Crippen LogP contribution in [0.3, 0.4) is 0 Å². The maximum atomic E-state index is 13.6. The summed E-state index contributed by atoms with van der Waals surface area (Å²) < 4.78 is 6.25. The lowest BCUT2D eigenvalue weighted by molar-refractivity contribution is 0.0352. The Balaban J connectivity index is 1.99.